The van der Waals surface area contributed by atoms with Gasteiger partial charge in [0.05, 0.1) is 12.8 Å². The van der Waals surface area contributed by atoms with Gasteiger partial charge in [-0.3, -0.25) is 0 Å². The molecule has 1 aromatic heterocycles. The van der Waals surface area contributed by atoms with E-state index in [2.05, 4.69) is 25.9 Å². The molecule has 0 saturated carbocycles. The monoisotopic (exact) mass is 328 g/mol. The van der Waals surface area contributed by atoms with Gasteiger partial charge >= 0.3 is 5.97 Å². The maximum atomic E-state index is 11.7. The Morgan fingerprint density at radius 2 is 1.96 bits per heavy atom. The van der Waals surface area contributed by atoms with Crippen LogP contribution < -0.4 is 4.74 Å². The molecule has 5 nitrogen and oxygen atoms in total. The highest BCUT2D eigenvalue weighted by atomic mass is 16.5. The molecule has 1 unspecified atom stereocenters. The van der Waals surface area contributed by atoms with Crippen molar-refractivity contribution in [1.29, 1.82) is 0 Å². The van der Waals surface area contributed by atoms with Gasteiger partial charge in [-0.2, -0.15) is 5.10 Å². The lowest BCUT2D eigenvalue weighted by Crippen LogP contribution is -2.27. The van der Waals surface area contributed by atoms with Crippen LogP contribution in [-0.2, 0) is 12.8 Å². The normalized spacial score (nSPS) is 17.4. The number of carbonyl (C=O) groups is 1. The van der Waals surface area contributed by atoms with Crippen LogP contribution in [0.5, 0.6) is 5.75 Å². The molecule has 0 radical (unpaired) electrons. The van der Waals surface area contributed by atoms with Crippen LogP contribution in [0, 0.1) is 11.3 Å². The molecule has 1 aromatic carbocycles. The van der Waals surface area contributed by atoms with Gasteiger partial charge in [-0.15, -0.1) is 0 Å². The van der Waals surface area contributed by atoms with E-state index >= 15 is 0 Å². The van der Waals surface area contributed by atoms with Gasteiger partial charge in [0.2, 0.25) is 0 Å². The Balaban J connectivity index is 2.05. The molecule has 3 rings (SSSR count). The maximum Gasteiger partial charge on any atom is 0.356 e. The molecular weight excluding hydrogens is 304 g/mol. The summed E-state index contributed by atoms with van der Waals surface area (Å²) in [7, 11) is 1.62. The minimum absolute atomic E-state index is 0.162. The predicted octanol–water partition coefficient (Wildman–Crippen LogP) is 3.73. The largest absolute Gasteiger partial charge is 0.497 e. The average Bonchev–Trinajstić information content (AvgIpc) is 2.93. The molecule has 0 saturated heterocycles. The number of nitrogens with zero attached hydrogens (tertiary/aromatic N) is 2. The fraction of sp³-hybridized carbons (Fsp3) is 0.474. The molecule has 128 valence electrons. The number of carboxylic acids is 1. The summed E-state index contributed by atoms with van der Waals surface area (Å²) in [6, 6.07) is 7.55. The van der Waals surface area contributed by atoms with Crippen LogP contribution in [0.15, 0.2) is 24.3 Å². The van der Waals surface area contributed by atoms with E-state index in [1.807, 2.05) is 24.3 Å². The van der Waals surface area contributed by atoms with Crippen LogP contribution in [-0.4, -0.2) is 28.0 Å². The molecule has 1 N–H and O–H groups in total. The summed E-state index contributed by atoms with van der Waals surface area (Å²) in [6.45, 7) is 6.66. The lowest BCUT2D eigenvalue weighted by molar-refractivity contribution is 0.0687. The van der Waals surface area contributed by atoms with E-state index in [-0.39, 0.29) is 11.1 Å². The molecular formula is C19H24N2O3. The Bertz CT molecular complexity index is 754. The lowest BCUT2D eigenvalue weighted by atomic mass is 9.71. The highest BCUT2D eigenvalue weighted by Crippen LogP contribution is 2.39. The number of aromatic carboxylic acids is 1. The van der Waals surface area contributed by atoms with Crippen LogP contribution in [0.4, 0.5) is 0 Å². The van der Waals surface area contributed by atoms with Crippen molar-refractivity contribution in [1.82, 2.24) is 9.78 Å². The van der Waals surface area contributed by atoms with Crippen LogP contribution in [0.3, 0.4) is 0 Å². The van der Waals surface area contributed by atoms with E-state index in [0.717, 1.165) is 42.0 Å². The number of aromatic nitrogens is 2. The number of hydrogen-bond donors (Lipinski definition) is 1. The highest BCUT2D eigenvalue weighted by Gasteiger charge is 2.34. The van der Waals surface area contributed by atoms with Crippen molar-refractivity contribution in [2.75, 3.05) is 7.11 Å². The molecule has 0 aliphatic heterocycles. The van der Waals surface area contributed by atoms with E-state index in [0.29, 0.717) is 5.92 Å². The Labute approximate surface area is 142 Å². The molecule has 1 aliphatic rings. The van der Waals surface area contributed by atoms with E-state index in [1.165, 1.54) is 0 Å². The maximum absolute atomic E-state index is 11.7. The zero-order chi connectivity index (χ0) is 17.5. The molecule has 0 amide bonds. The molecule has 2 aromatic rings. The minimum Gasteiger partial charge on any atom is -0.497 e. The van der Waals surface area contributed by atoms with Crippen LogP contribution in [0.1, 0.15) is 48.9 Å². The lowest BCUT2D eigenvalue weighted by Gasteiger charge is -2.34. The fourth-order valence-corrected chi connectivity index (χ4v) is 3.46. The predicted molar refractivity (Wildman–Crippen MR) is 92.0 cm³/mol. The first-order valence-electron chi connectivity index (χ1n) is 8.29. The topological polar surface area (TPSA) is 64.4 Å². The van der Waals surface area contributed by atoms with Gasteiger partial charge < -0.3 is 9.84 Å². The van der Waals surface area contributed by atoms with Crippen LogP contribution in [0.2, 0.25) is 0 Å². The molecule has 0 spiro atoms. The number of carboxylic acid groups (broad SMARTS) is 1. The third-order valence-electron chi connectivity index (χ3n) is 5.01. The summed E-state index contributed by atoms with van der Waals surface area (Å²) in [5.41, 5.74) is 3.14. The van der Waals surface area contributed by atoms with Gasteiger partial charge in [0, 0.05) is 11.3 Å². The zero-order valence-corrected chi connectivity index (χ0v) is 14.7. The summed E-state index contributed by atoms with van der Waals surface area (Å²) in [4.78, 5) is 11.7. The second-order valence-corrected chi connectivity index (χ2v) is 7.49. The van der Waals surface area contributed by atoms with Crippen LogP contribution >= 0.6 is 0 Å². The van der Waals surface area contributed by atoms with Crippen molar-refractivity contribution in [3.05, 3.63) is 41.2 Å². The van der Waals surface area contributed by atoms with Crippen molar-refractivity contribution in [2.45, 2.75) is 40.0 Å². The van der Waals surface area contributed by atoms with Crippen molar-refractivity contribution < 1.29 is 14.6 Å². The number of ether oxygens (including phenoxy) is 1. The van der Waals surface area contributed by atoms with Crippen molar-refractivity contribution in [3.63, 3.8) is 0 Å². The first-order chi connectivity index (χ1) is 11.3. The Hall–Kier alpha value is -2.30. The SMILES string of the molecule is COc1ccc(-n2nc(C(=O)O)c3c2CCC(C(C)(C)C)C3)cc1. The average molecular weight is 328 g/mol. The number of methoxy groups -OCH3 is 1. The molecule has 1 heterocycles. The minimum atomic E-state index is -0.951. The Morgan fingerprint density at radius 1 is 1.29 bits per heavy atom. The van der Waals surface area contributed by atoms with E-state index < -0.39 is 5.97 Å². The second-order valence-electron chi connectivity index (χ2n) is 7.49. The van der Waals surface area contributed by atoms with Crippen molar-refractivity contribution in [3.8, 4) is 11.4 Å². The van der Waals surface area contributed by atoms with Crippen molar-refractivity contribution >= 4 is 5.97 Å². The van der Waals surface area contributed by atoms with E-state index in [1.54, 1.807) is 11.8 Å². The zero-order valence-electron chi connectivity index (χ0n) is 14.7. The summed E-state index contributed by atoms with van der Waals surface area (Å²) in [6.07, 6.45) is 2.68. The summed E-state index contributed by atoms with van der Waals surface area (Å²) in [5, 5.41) is 14.0. The Kier molecular flexibility index (Phi) is 4.11. The standard InChI is InChI=1S/C19H24N2O3/c1-19(2,3)12-5-10-16-15(11-12)17(18(22)23)20-21(16)13-6-8-14(24-4)9-7-13/h6-9,12H,5,10-11H2,1-4H3,(H,22,23). The quantitative estimate of drug-likeness (QED) is 0.932. The van der Waals surface area contributed by atoms with Gasteiger partial charge in [0.25, 0.3) is 0 Å². The van der Waals surface area contributed by atoms with Gasteiger partial charge in [-0.25, -0.2) is 9.48 Å². The fourth-order valence-electron chi connectivity index (χ4n) is 3.46. The third kappa shape index (κ3) is 2.90. The first-order valence-corrected chi connectivity index (χ1v) is 8.29. The number of hydrogen-bond acceptors (Lipinski definition) is 3. The summed E-state index contributed by atoms with van der Waals surface area (Å²) in [5.74, 6) is 0.288. The number of rotatable bonds is 3. The van der Waals surface area contributed by atoms with Gasteiger partial charge in [0.1, 0.15) is 5.75 Å². The number of fused-ring (bicyclic) bond motifs is 1. The van der Waals surface area contributed by atoms with E-state index in [4.69, 9.17) is 4.74 Å². The summed E-state index contributed by atoms with van der Waals surface area (Å²) >= 11 is 0. The molecule has 1 aliphatic carbocycles. The molecule has 5 heteroatoms. The molecule has 0 bridgehead atoms. The van der Waals surface area contributed by atoms with Gasteiger partial charge in [-0.05, 0) is 54.9 Å². The van der Waals surface area contributed by atoms with Crippen LogP contribution in [0.25, 0.3) is 5.69 Å². The highest BCUT2D eigenvalue weighted by molar-refractivity contribution is 5.87. The Morgan fingerprint density at radius 3 is 2.50 bits per heavy atom. The van der Waals surface area contributed by atoms with Crippen molar-refractivity contribution in [2.24, 2.45) is 11.3 Å². The molecule has 1 atom stereocenters. The second kappa shape index (κ2) is 5.96. The third-order valence-corrected chi connectivity index (χ3v) is 5.01. The van der Waals surface area contributed by atoms with E-state index in [9.17, 15) is 9.90 Å². The smallest absolute Gasteiger partial charge is 0.356 e. The molecule has 24 heavy (non-hydrogen) atoms. The summed E-state index contributed by atoms with van der Waals surface area (Å²) < 4.78 is 6.98. The first kappa shape index (κ1) is 16.6. The van der Waals surface area contributed by atoms with Gasteiger partial charge in [0.15, 0.2) is 5.69 Å². The molecule has 0 fully saturated rings. The van der Waals surface area contributed by atoms with Gasteiger partial charge in [-0.1, -0.05) is 20.8 Å². The number of benzene rings is 1.